The van der Waals surface area contributed by atoms with E-state index >= 15 is 0 Å². The summed E-state index contributed by atoms with van der Waals surface area (Å²) in [6.45, 7) is 0. The predicted molar refractivity (Wildman–Crippen MR) is 116 cm³/mol. The molecule has 170 valence electrons. The third-order valence-corrected chi connectivity index (χ3v) is 5.44. The molecule has 0 atom stereocenters. The number of phosphoric acid groups is 2. The second-order valence-corrected chi connectivity index (χ2v) is 9.13. The Balaban J connectivity index is 2.06. The zero-order valence-electron chi connectivity index (χ0n) is 16.4. The molecule has 1 heterocycles. The van der Waals surface area contributed by atoms with Crippen molar-refractivity contribution in [3.8, 4) is 22.6 Å². The molecule has 0 spiro atoms. The maximum Gasteiger partial charge on any atom is 0.524 e. The Bertz CT molecular complexity index is 1420. The third-order valence-electron chi connectivity index (χ3n) is 4.54. The average Bonchev–Trinajstić information content (AvgIpc) is 2.69. The Hall–Kier alpha value is -3.30. The van der Waals surface area contributed by atoms with Gasteiger partial charge in [-0.2, -0.15) is 0 Å². The van der Waals surface area contributed by atoms with Crippen molar-refractivity contribution in [3.05, 3.63) is 66.2 Å². The van der Waals surface area contributed by atoms with Gasteiger partial charge in [0, 0.05) is 5.56 Å². The van der Waals surface area contributed by atoms with E-state index in [2.05, 4.69) is 9.05 Å². The molecule has 0 aliphatic carbocycles. The highest BCUT2D eigenvalue weighted by molar-refractivity contribution is 7.47. The van der Waals surface area contributed by atoms with Gasteiger partial charge in [-0.1, -0.05) is 18.2 Å². The SMILES string of the molecule is O=C(O)c1ccccc1-c1c2ccc(OP(=O)(O)O)cc2[o+]c2cc(OP(=O)(O)O)ccc12. The van der Waals surface area contributed by atoms with Crippen LogP contribution < -0.4 is 9.05 Å². The molecule has 0 saturated carbocycles. The second-order valence-electron chi connectivity index (χ2n) is 6.81. The Morgan fingerprint density at radius 3 is 1.70 bits per heavy atom. The summed E-state index contributed by atoms with van der Waals surface area (Å²) < 4.78 is 37.5. The van der Waals surface area contributed by atoms with Crippen molar-refractivity contribution < 1.29 is 52.1 Å². The number of fused-ring (bicyclic) bond motifs is 2. The molecule has 0 aliphatic heterocycles. The minimum atomic E-state index is -4.86. The standard InChI is InChI=1S/C20H14O11P2/c21-20(22)14-4-2-1-3-13(14)19-15-7-5-11(30-32(23,24)25)9-17(15)29-18-10-12(6-8-16(18)19)31-33(26,27)28/h1-10H,(H4-,21,22,23,24,25,26,27,28)/p+1. The molecule has 4 aromatic rings. The summed E-state index contributed by atoms with van der Waals surface area (Å²) in [5, 5.41) is 10.5. The number of carboxylic acid groups (broad SMARTS) is 1. The highest BCUT2D eigenvalue weighted by Gasteiger charge is 2.27. The Labute approximate surface area is 184 Å². The Morgan fingerprint density at radius 1 is 0.758 bits per heavy atom. The van der Waals surface area contributed by atoms with Gasteiger partial charge in [-0.25, -0.2) is 18.3 Å². The maximum absolute atomic E-state index is 11.9. The van der Waals surface area contributed by atoms with Crippen LogP contribution in [0.15, 0.2) is 65.1 Å². The lowest BCUT2D eigenvalue weighted by Crippen LogP contribution is -2.00. The first-order valence-electron chi connectivity index (χ1n) is 9.08. The number of benzene rings is 3. The van der Waals surface area contributed by atoms with Gasteiger partial charge in [0.15, 0.2) is 0 Å². The normalized spacial score (nSPS) is 12.1. The van der Waals surface area contributed by atoms with Gasteiger partial charge < -0.3 is 14.2 Å². The van der Waals surface area contributed by atoms with Gasteiger partial charge in [-0.05, 0) is 35.9 Å². The van der Waals surface area contributed by atoms with Crippen LogP contribution >= 0.6 is 15.6 Å². The fourth-order valence-corrected chi connectivity index (χ4v) is 4.19. The summed E-state index contributed by atoms with van der Waals surface area (Å²) in [5.74, 6) is -1.60. The van der Waals surface area contributed by atoms with E-state index in [4.69, 9.17) is 24.0 Å². The fraction of sp³-hybridized carbons (Fsp3) is 0. The third kappa shape index (κ3) is 5.04. The van der Waals surface area contributed by atoms with Gasteiger partial charge in [0.2, 0.25) is 0 Å². The zero-order valence-corrected chi connectivity index (χ0v) is 18.1. The topological polar surface area (TPSA) is 182 Å². The molecular weight excluding hydrogens is 478 g/mol. The van der Waals surface area contributed by atoms with Crippen LogP contribution in [-0.4, -0.2) is 30.6 Å². The first kappa shape index (κ1) is 22.9. The molecule has 0 bridgehead atoms. The maximum atomic E-state index is 11.9. The van der Waals surface area contributed by atoms with Crippen LogP contribution in [0.4, 0.5) is 0 Å². The second kappa shape index (κ2) is 8.24. The summed E-state index contributed by atoms with van der Waals surface area (Å²) in [6, 6.07) is 14.1. The molecular formula is C20H15O11P2+. The van der Waals surface area contributed by atoms with Crippen LogP contribution in [-0.2, 0) is 9.13 Å². The minimum Gasteiger partial charge on any atom is -0.478 e. The lowest BCUT2D eigenvalue weighted by Gasteiger charge is -2.11. The lowest BCUT2D eigenvalue weighted by molar-refractivity contribution is 0.0697. The van der Waals surface area contributed by atoms with E-state index in [1.807, 2.05) is 0 Å². The van der Waals surface area contributed by atoms with E-state index in [1.165, 1.54) is 42.5 Å². The zero-order chi connectivity index (χ0) is 24.0. The minimum absolute atomic E-state index is 0.0163. The van der Waals surface area contributed by atoms with Crippen molar-refractivity contribution in [2.45, 2.75) is 0 Å². The summed E-state index contributed by atoms with van der Waals surface area (Å²) >= 11 is 0. The first-order valence-corrected chi connectivity index (χ1v) is 12.1. The summed E-state index contributed by atoms with van der Waals surface area (Å²) in [6.07, 6.45) is 0. The summed E-state index contributed by atoms with van der Waals surface area (Å²) in [4.78, 5) is 48.2. The quantitative estimate of drug-likeness (QED) is 0.148. The monoisotopic (exact) mass is 493 g/mol. The van der Waals surface area contributed by atoms with Crippen molar-refractivity contribution in [2.75, 3.05) is 0 Å². The van der Waals surface area contributed by atoms with Gasteiger partial charge in [0.05, 0.1) is 28.5 Å². The number of phosphoric ester groups is 2. The molecule has 13 heteroatoms. The number of aromatic carboxylic acids is 1. The number of carboxylic acids is 1. The van der Waals surface area contributed by atoms with E-state index in [9.17, 15) is 19.0 Å². The Kier molecular flexibility index (Phi) is 5.71. The highest BCUT2D eigenvalue weighted by atomic mass is 31.2. The number of hydrogen-bond donors (Lipinski definition) is 5. The fourth-order valence-electron chi connectivity index (χ4n) is 3.42. The van der Waals surface area contributed by atoms with Crippen molar-refractivity contribution >= 4 is 43.6 Å². The molecule has 11 nitrogen and oxygen atoms in total. The van der Waals surface area contributed by atoms with Crippen LogP contribution in [0, 0.1) is 0 Å². The average molecular weight is 493 g/mol. The number of hydrogen-bond acceptors (Lipinski definition) is 5. The van der Waals surface area contributed by atoms with Crippen LogP contribution in [0.25, 0.3) is 33.1 Å². The van der Waals surface area contributed by atoms with E-state index < -0.39 is 21.6 Å². The molecule has 0 radical (unpaired) electrons. The molecule has 0 amide bonds. The van der Waals surface area contributed by atoms with Crippen LogP contribution in [0.1, 0.15) is 10.4 Å². The molecule has 0 unspecified atom stereocenters. The van der Waals surface area contributed by atoms with Gasteiger partial charge in [0.1, 0.15) is 11.5 Å². The molecule has 0 fully saturated rings. The van der Waals surface area contributed by atoms with Gasteiger partial charge >= 0.3 is 32.8 Å². The Morgan fingerprint density at radius 2 is 1.24 bits per heavy atom. The van der Waals surface area contributed by atoms with Gasteiger partial charge in [-0.15, -0.1) is 0 Å². The van der Waals surface area contributed by atoms with E-state index in [1.54, 1.807) is 18.2 Å². The molecule has 4 rings (SSSR count). The molecule has 1 aromatic heterocycles. The van der Waals surface area contributed by atoms with Crippen molar-refractivity contribution in [2.24, 2.45) is 0 Å². The predicted octanol–water partition coefficient (Wildman–Crippen LogP) is 4.18. The lowest BCUT2D eigenvalue weighted by atomic mass is 9.93. The summed E-state index contributed by atoms with van der Waals surface area (Å²) in [7, 11) is -9.72. The van der Waals surface area contributed by atoms with Gasteiger partial charge in [0.25, 0.3) is 0 Å². The van der Waals surface area contributed by atoms with E-state index in [-0.39, 0.29) is 28.2 Å². The van der Waals surface area contributed by atoms with Crippen molar-refractivity contribution in [3.63, 3.8) is 0 Å². The molecule has 33 heavy (non-hydrogen) atoms. The molecule has 0 aliphatic rings. The molecule has 0 saturated heterocycles. The van der Waals surface area contributed by atoms with Crippen molar-refractivity contribution in [1.29, 1.82) is 0 Å². The van der Waals surface area contributed by atoms with Gasteiger partial charge in [-0.3, -0.25) is 19.6 Å². The molecule has 3 aromatic carbocycles. The van der Waals surface area contributed by atoms with Crippen LogP contribution in [0.3, 0.4) is 0 Å². The smallest absolute Gasteiger partial charge is 0.478 e. The number of carbonyl (C=O) groups is 1. The van der Waals surface area contributed by atoms with E-state index in [0.717, 1.165) is 0 Å². The largest absolute Gasteiger partial charge is 0.524 e. The highest BCUT2D eigenvalue weighted by Crippen LogP contribution is 2.44. The number of rotatable bonds is 6. The molecule has 5 N–H and O–H groups in total. The summed E-state index contributed by atoms with van der Waals surface area (Å²) in [5.41, 5.74) is 0.851. The van der Waals surface area contributed by atoms with Crippen LogP contribution in [0.5, 0.6) is 11.5 Å². The van der Waals surface area contributed by atoms with Crippen LogP contribution in [0.2, 0.25) is 0 Å². The van der Waals surface area contributed by atoms with E-state index in [0.29, 0.717) is 21.9 Å². The first-order chi connectivity index (χ1) is 15.4. The van der Waals surface area contributed by atoms with Crippen molar-refractivity contribution in [1.82, 2.24) is 0 Å².